The number of rotatable bonds is 6. The van der Waals surface area contributed by atoms with Crippen LogP contribution in [-0.2, 0) is 21.9 Å². The molecule has 4 heterocycles. The lowest BCUT2D eigenvalue weighted by Crippen LogP contribution is -2.45. The van der Waals surface area contributed by atoms with Gasteiger partial charge in [-0.3, -0.25) is 4.79 Å². The third kappa shape index (κ3) is 6.60. The van der Waals surface area contributed by atoms with Crippen molar-refractivity contribution < 1.29 is 35.9 Å². The Kier molecular flexibility index (Phi) is 8.78. The first kappa shape index (κ1) is 29.8. The molecule has 0 aliphatic carbocycles. The van der Waals surface area contributed by atoms with Crippen molar-refractivity contribution in [2.75, 3.05) is 82.9 Å². The monoisotopic (exact) mass is 574 g/mol. The highest BCUT2D eigenvalue weighted by Crippen LogP contribution is 2.42. The number of halogens is 6. The number of aromatic nitrogens is 2. The van der Waals surface area contributed by atoms with Gasteiger partial charge in [-0.1, -0.05) is 0 Å². The lowest BCUT2D eigenvalue weighted by Gasteiger charge is -2.34. The van der Waals surface area contributed by atoms with Gasteiger partial charge in [0, 0.05) is 52.4 Å². The van der Waals surface area contributed by atoms with Gasteiger partial charge in [0.1, 0.15) is 17.6 Å². The number of pyridine rings is 2. The van der Waals surface area contributed by atoms with E-state index in [0.717, 1.165) is 12.1 Å². The molecule has 0 unspecified atom stereocenters. The van der Waals surface area contributed by atoms with Crippen LogP contribution < -0.4 is 9.80 Å². The van der Waals surface area contributed by atoms with Crippen molar-refractivity contribution in [2.45, 2.75) is 25.2 Å². The normalized spacial score (nSPS) is 17.9. The van der Waals surface area contributed by atoms with Crippen LogP contribution in [0, 0.1) is 0 Å². The average molecular weight is 575 g/mol. The number of likely N-dealkylation sites (N-methyl/N-ethyl adjacent to an activating group) is 2. The summed E-state index contributed by atoms with van der Waals surface area (Å²) in [7, 11) is 3.80. The molecule has 2 fully saturated rings. The second kappa shape index (κ2) is 11.8. The largest absolute Gasteiger partial charge is 0.465 e. The zero-order valence-electron chi connectivity index (χ0n) is 22.5. The van der Waals surface area contributed by atoms with Gasteiger partial charge < -0.3 is 24.3 Å². The minimum atomic E-state index is -5.00. The number of carbonyl (C=O) groups is 1. The first-order valence-corrected chi connectivity index (χ1v) is 13.0. The van der Waals surface area contributed by atoms with Crippen LogP contribution in [0.5, 0.6) is 0 Å². The Labute approximate surface area is 228 Å². The summed E-state index contributed by atoms with van der Waals surface area (Å²) in [6, 6.07) is 3.89. The van der Waals surface area contributed by atoms with Crippen molar-refractivity contribution in [2.24, 2.45) is 0 Å². The molecule has 4 rings (SSSR count). The standard InChI is InChI=1S/C26H32F6N6O2/c1-4-40-24(39)21(22-17(25(27,28)29)5-7-19(33-22)37-13-9-35(2)10-14-37)23-18(26(30,31)32)6-8-20(34-23)38-15-11-36(3)12-16-38/h5-8,21H,4,9-16H2,1-3H3. The quantitative estimate of drug-likeness (QED) is 0.383. The molecule has 0 amide bonds. The van der Waals surface area contributed by atoms with Crippen LogP contribution in [0.4, 0.5) is 38.0 Å². The second-order valence-corrected chi connectivity index (χ2v) is 9.97. The fourth-order valence-corrected chi connectivity index (χ4v) is 4.85. The van der Waals surface area contributed by atoms with Crippen LogP contribution in [0.25, 0.3) is 0 Å². The smallest absolute Gasteiger partial charge is 0.418 e. The van der Waals surface area contributed by atoms with Gasteiger partial charge >= 0.3 is 18.3 Å². The van der Waals surface area contributed by atoms with Crippen molar-refractivity contribution in [1.29, 1.82) is 0 Å². The van der Waals surface area contributed by atoms with E-state index in [0.29, 0.717) is 52.4 Å². The minimum Gasteiger partial charge on any atom is -0.465 e. The topological polar surface area (TPSA) is 65.0 Å². The molecule has 2 aromatic rings. The zero-order valence-corrected chi connectivity index (χ0v) is 22.5. The predicted octanol–water partition coefficient (Wildman–Crippen LogP) is 3.71. The molecule has 2 aliphatic rings. The van der Waals surface area contributed by atoms with Gasteiger partial charge in [0.15, 0.2) is 0 Å². The van der Waals surface area contributed by atoms with E-state index in [-0.39, 0.29) is 18.2 Å². The van der Waals surface area contributed by atoms with E-state index in [2.05, 4.69) is 9.97 Å². The fourth-order valence-electron chi connectivity index (χ4n) is 4.85. The third-order valence-corrected chi connectivity index (χ3v) is 7.15. The first-order chi connectivity index (χ1) is 18.8. The van der Waals surface area contributed by atoms with E-state index >= 15 is 0 Å². The molecule has 14 heteroatoms. The Balaban J connectivity index is 1.92. The van der Waals surface area contributed by atoms with E-state index in [1.165, 1.54) is 19.1 Å². The van der Waals surface area contributed by atoms with Gasteiger partial charge in [-0.2, -0.15) is 26.3 Å². The summed E-state index contributed by atoms with van der Waals surface area (Å²) >= 11 is 0. The lowest BCUT2D eigenvalue weighted by molar-refractivity contribution is -0.146. The number of piperazine rings is 2. The maximum Gasteiger partial charge on any atom is 0.418 e. The molecule has 2 aliphatic heterocycles. The highest BCUT2D eigenvalue weighted by molar-refractivity contribution is 5.82. The van der Waals surface area contributed by atoms with Crippen LogP contribution in [0.15, 0.2) is 24.3 Å². The molecule has 0 bridgehead atoms. The van der Waals surface area contributed by atoms with Crippen molar-refractivity contribution in [3.8, 4) is 0 Å². The molecule has 40 heavy (non-hydrogen) atoms. The maximum atomic E-state index is 14.3. The molecular weight excluding hydrogens is 542 g/mol. The van der Waals surface area contributed by atoms with Crippen molar-refractivity contribution in [3.05, 3.63) is 46.8 Å². The van der Waals surface area contributed by atoms with E-state index in [1.54, 1.807) is 9.80 Å². The first-order valence-electron chi connectivity index (χ1n) is 13.0. The summed E-state index contributed by atoms with van der Waals surface area (Å²) in [6.45, 7) is 5.43. The van der Waals surface area contributed by atoms with Crippen LogP contribution in [-0.4, -0.2) is 98.8 Å². The van der Waals surface area contributed by atoms with Gasteiger partial charge in [0.05, 0.1) is 29.1 Å². The maximum absolute atomic E-state index is 14.3. The van der Waals surface area contributed by atoms with Crippen LogP contribution in [0.1, 0.15) is 35.4 Å². The molecule has 0 radical (unpaired) electrons. The summed E-state index contributed by atoms with van der Waals surface area (Å²) < 4.78 is 90.7. The molecule has 0 N–H and O–H groups in total. The Morgan fingerprint density at radius 2 is 1.12 bits per heavy atom. The number of carbonyl (C=O) groups excluding carboxylic acids is 1. The number of ether oxygens (including phenoxy) is 1. The van der Waals surface area contributed by atoms with Crippen LogP contribution >= 0.6 is 0 Å². The number of hydrogen-bond donors (Lipinski definition) is 0. The van der Waals surface area contributed by atoms with Gasteiger partial charge in [-0.05, 0) is 45.3 Å². The summed E-state index contributed by atoms with van der Waals surface area (Å²) in [5, 5.41) is 0. The number of esters is 1. The Hall–Kier alpha value is -3.13. The zero-order chi connectivity index (χ0) is 29.2. The third-order valence-electron chi connectivity index (χ3n) is 7.15. The van der Waals surface area contributed by atoms with E-state index in [9.17, 15) is 31.1 Å². The Morgan fingerprint density at radius 1 is 0.750 bits per heavy atom. The van der Waals surface area contributed by atoms with Gasteiger partial charge in [-0.25, -0.2) is 9.97 Å². The van der Waals surface area contributed by atoms with E-state index in [4.69, 9.17) is 4.74 Å². The highest BCUT2D eigenvalue weighted by atomic mass is 19.4. The molecule has 8 nitrogen and oxygen atoms in total. The Bertz CT molecular complexity index is 1110. The molecule has 2 saturated heterocycles. The van der Waals surface area contributed by atoms with E-state index < -0.39 is 46.8 Å². The Morgan fingerprint density at radius 3 is 1.45 bits per heavy atom. The summed E-state index contributed by atoms with van der Waals surface area (Å²) in [6.07, 6.45) is -10.00. The van der Waals surface area contributed by atoms with Gasteiger partial charge in [-0.15, -0.1) is 0 Å². The van der Waals surface area contributed by atoms with Crippen molar-refractivity contribution >= 4 is 17.6 Å². The minimum absolute atomic E-state index is 0.133. The fraction of sp³-hybridized carbons (Fsp3) is 0.577. The van der Waals surface area contributed by atoms with Crippen LogP contribution in [0.2, 0.25) is 0 Å². The molecule has 0 spiro atoms. The van der Waals surface area contributed by atoms with Crippen molar-refractivity contribution in [3.63, 3.8) is 0 Å². The van der Waals surface area contributed by atoms with Crippen LogP contribution in [0.3, 0.4) is 0 Å². The molecule has 0 aromatic carbocycles. The molecule has 2 aromatic heterocycles. The second-order valence-electron chi connectivity index (χ2n) is 9.97. The number of alkyl halides is 6. The van der Waals surface area contributed by atoms with Gasteiger partial charge in [0.2, 0.25) is 0 Å². The summed E-state index contributed by atoms with van der Waals surface area (Å²) in [4.78, 5) is 29.2. The molecule has 0 saturated carbocycles. The molecular formula is C26H32F6N6O2. The number of nitrogens with zero attached hydrogens (tertiary/aromatic N) is 6. The number of anilines is 2. The predicted molar refractivity (Wildman–Crippen MR) is 136 cm³/mol. The lowest BCUT2D eigenvalue weighted by atomic mass is 9.92. The van der Waals surface area contributed by atoms with Gasteiger partial charge in [0.25, 0.3) is 0 Å². The van der Waals surface area contributed by atoms with Crippen molar-refractivity contribution in [1.82, 2.24) is 19.8 Å². The number of hydrogen-bond acceptors (Lipinski definition) is 8. The average Bonchev–Trinajstić information content (AvgIpc) is 2.88. The SMILES string of the molecule is CCOC(=O)C(c1nc(N2CCN(C)CC2)ccc1C(F)(F)F)c1nc(N2CCN(C)CC2)ccc1C(F)(F)F. The molecule has 220 valence electrons. The summed E-state index contributed by atoms with van der Waals surface area (Å²) in [5.74, 6) is -3.18. The highest BCUT2D eigenvalue weighted by Gasteiger charge is 2.45. The summed E-state index contributed by atoms with van der Waals surface area (Å²) in [5.41, 5.74) is -4.36. The van der Waals surface area contributed by atoms with E-state index in [1.807, 2.05) is 23.9 Å². The molecule has 0 atom stereocenters.